The van der Waals surface area contributed by atoms with Crippen LogP contribution in [0.4, 0.5) is 0 Å². The number of ether oxygens (including phenoxy) is 1. The second kappa shape index (κ2) is 7.01. The van der Waals surface area contributed by atoms with Gasteiger partial charge in [0.05, 0.1) is 13.2 Å². The number of methoxy groups -OCH3 is 1. The van der Waals surface area contributed by atoms with Crippen LogP contribution in [-0.4, -0.2) is 18.0 Å². The van der Waals surface area contributed by atoms with Gasteiger partial charge in [-0.2, -0.15) is 0 Å². The topological polar surface area (TPSA) is 29.5 Å². The van der Waals surface area contributed by atoms with Gasteiger partial charge in [0, 0.05) is 10.6 Å². The van der Waals surface area contributed by atoms with Crippen molar-refractivity contribution in [2.75, 3.05) is 12.9 Å². The van der Waals surface area contributed by atoms with Crippen LogP contribution in [0, 0.1) is 20.8 Å². The number of thioether (sulfide) groups is 1. The highest BCUT2D eigenvalue weighted by Crippen LogP contribution is 2.30. The predicted octanol–water partition coefficient (Wildman–Crippen LogP) is 4.45. The molecule has 0 aliphatic rings. The largest absolute Gasteiger partial charge is 0.496 e. The Labute approximate surface area is 131 Å². The molecule has 0 aliphatic carbocycles. The van der Waals surface area contributed by atoms with Gasteiger partial charge in [-0.3, -0.25) is 0 Å². The fraction of sp³-hybridized carbons (Fsp3) is 0.333. The van der Waals surface area contributed by atoms with Gasteiger partial charge in [0.2, 0.25) is 0 Å². The summed E-state index contributed by atoms with van der Waals surface area (Å²) < 4.78 is 5.31. The summed E-state index contributed by atoms with van der Waals surface area (Å²) in [6.07, 6.45) is -0.471. The number of aliphatic hydroxyl groups is 1. The van der Waals surface area contributed by atoms with Crippen LogP contribution in [-0.2, 0) is 0 Å². The molecule has 1 unspecified atom stereocenters. The summed E-state index contributed by atoms with van der Waals surface area (Å²) in [5.41, 5.74) is 4.35. The second-order valence-electron chi connectivity index (χ2n) is 5.32. The minimum absolute atomic E-state index is 0.471. The van der Waals surface area contributed by atoms with E-state index < -0.39 is 6.10 Å². The van der Waals surface area contributed by atoms with E-state index in [2.05, 4.69) is 31.2 Å². The molecule has 1 N–H and O–H groups in total. The van der Waals surface area contributed by atoms with Crippen molar-refractivity contribution in [1.29, 1.82) is 0 Å². The molecule has 0 fully saturated rings. The highest BCUT2D eigenvalue weighted by atomic mass is 32.2. The molecular formula is C18H22O2S. The van der Waals surface area contributed by atoms with Gasteiger partial charge in [-0.1, -0.05) is 17.7 Å². The zero-order valence-electron chi connectivity index (χ0n) is 13.0. The zero-order chi connectivity index (χ0) is 15.4. The molecule has 0 amide bonds. The standard InChI is InChI=1S/C18H22O2S/c1-12-5-7-15(8-6-12)21-11-17(19)16-9-14(3)18(20-4)10-13(16)2/h5-10,17,19H,11H2,1-4H3. The molecule has 1 atom stereocenters. The fourth-order valence-electron chi connectivity index (χ4n) is 2.29. The van der Waals surface area contributed by atoms with Crippen LogP contribution in [0.1, 0.15) is 28.4 Å². The molecular weight excluding hydrogens is 280 g/mol. The zero-order valence-corrected chi connectivity index (χ0v) is 13.8. The summed E-state index contributed by atoms with van der Waals surface area (Å²) in [5, 5.41) is 10.4. The van der Waals surface area contributed by atoms with Crippen molar-refractivity contribution < 1.29 is 9.84 Å². The molecule has 21 heavy (non-hydrogen) atoms. The molecule has 2 aromatic carbocycles. The monoisotopic (exact) mass is 302 g/mol. The first kappa shape index (κ1) is 15.9. The van der Waals surface area contributed by atoms with Crippen molar-refractivity contribution in [1.82, 2.24) is 0 Å². The van der Waals surface area contributed by atoms with Crippen molar-refractivity contribution in [3.05, 3.63) is 58.7 Å². The summed E-state index contributed by atoms with van der Waals surface area (Å²) >= 11 is 1.68. The maximum atomic E-state index is 10.4. The van der Waals surface area contributed by atoms with Gasteiger partial charge in [0.25, 0.3) is 0 Å². The van der Waals surface area contributed by atoms with Crippen LogP contribution < -0.4 is 4.74 Å². The molecule has 0 saturated heterocycles. The first-order valence-corrected chi connectivity index (χ1v) is 8.02. The Kier molecular flexibility index (Phi) is 5.32. The normalized spacial score (nSPS) is 12.2. The van der Waals surface area contributed by atoms with Gasteiger partial charge in [0.15, 0.2) is 0 Å². The molecule has 2 rings (SSSR count). The van der Waals surface area contributed by atoms with E-state index in [9.17, 15) is 5.11 Å². The lowest BCUT2D eigenvalue weighted by Gasteiger charge is -2.16. The van der Waals surface area contributed by atoms with E-state index in [4.69, 9.17) is 4.74 Å². The Balaban J connectivity index is 2.08. The van der Waals surface area contributed by atoms with Crippen molar-refractivity contribution in [3.63, 3.8) is 0 Å². The molecule has 0 bridgehead atoms. The van der Waals surface area contributed by atoms with Crippen LogP contribution in [0.15, 0.2) is 41.3 Å². The van der Waals surface area contributed by atoms with Gasteiger partial charge in [-0.05, 0) is 61.7 Å². The van der Waals surface area contributed by atoms with Crippen molar-refractivity contribution in [2.45, 2.75) is 31.8 Å². The average molecular weight is 302 g/mol. The smallest absolute Gasteiger partial charge is 0.122 e. The quantitative estimate of drug-likeness (QED) is 0.828. The van der Waals surface area contributed by atoms with E-state index in [1.54, 1.807) is 18.9 Å². The SMILES string of the molecule is COc1cc(C)c(C(O)CSc2ccc(C)cc2)cc1C. The van der Waals surface area contributed by atoms with Gasteiger partial charge < -0.3 is 9.84 Å². The summed E-state index contributed by atoms with van der Waals surface area (Å²) in [5.74, 6) is 1.52. The van der Waals surface area contributed by atoms with E-state index in [0.29, 0.717) is 5.75 Å². The predicted molar refractivity (Wildman–Crippen MR) is 89.3 cm³/mol. The summed E-state index contributed by atoms with van der Waals surface area (Å²) in [4.78, 5) is 1.18. The fourth-order valence-corrected chi connectivity index (χ4v) is 3.15. The Bertz CT molecular complexity index is 605. The van der Waals surface area contributed by atoms with E-state index in [-0.39, 0.29) is 0 Å². The minimum atomic E-state index is -0.471. The summed E-state index contributed by atoms with van der Waals surface area (Å²) in [7, 11) is 1.67. The number of hydrogen-bond acceptors (Lipinski definition) is 3. The van der Waals surface area contributed by atoms with Crippen molar-refractivity contribution in [2.24, 2.45) is 0 Å². The first-order chi connectivity index (χ1) is 10.0. The van der Waals surface area contributed by atoms with Crippen LogP contribution in [0.2, 0.25) is 0 Å². The van der Waals surface area contributed by atoms with Gasteiger partial charge >= 0.3 is 0 Å². The Morgan fingerprint density at radius 2 is 1.71 bits per heavy atom. The van der Waals surface area contributed by atoms with E-state index in [1.165, 1.54) is 10.5 Å². The van der Waals surface area contributed by atoms with Crippen molar-refractivity contribution >= 4 is 11.8 Å². The van der Waals surface area contributed by atoms with Gasteiger partial charge in [-0.25, -0.2) is 0 Å². The molecule has 0 saturated carbocycles. The summed E-state index contributed by atoms with van der Waals surface area (Å²) in [6.45, 7) is 6.09. The van der Waals surface area contributed by atoms with Gasteiger partial charge in [0.1, 0.15) is 5.75 Å². The molecule has 0 radical (unpaired) electrons. The van der Waals surface area contributed by atoms with E-state index in [0.717, 1.165) is 22.4 Å². The molecule has 0 aromatic heterocycles. The Hall–Kier alpha value is -1.45. The maximum absolute atomic E-state index is 10.4. The second-order valence-corrected chi connectivity index (χ2v) is 6.41. The molecule has 112 valence electrons. The molecule has 0 spiro atoms. The lowest BCUT2D eigenvalue weighted by molar-refractivity contribution is 0.203. The first-order valence-electron chi connectivity index (χ1n) is 7.04. The number of benzene rings is 2. The Morgan fingerprint density at radius 1 is 1.05 bits per heavy atom. The van der Waals surface area contributed by atoms with Crippen LogP contribution in [0.3, 0.4) is 0 Å². The lowest BCUT2D eigenvalue weighted by Crippen LogP contribution is -2.04. The number of aliphatic hydroxyl groups excluding tert-OH is 1. The number of aryl methyl sites for hydroxylation is 3. The molecule has 3 heteroatoms. The van der Waals surface area contributed by atoms with Crippen LogP contribution in [0.25, 0.3) is 0 Å². The minimum Gasteiger partial charge on any atom is -0.496 e. The van der Waals surface area contributed by atoms with Crippen LogP contribution >= 0.6 is 11.8 Å². The third-order valence-corrected chi connectivity index (χ3v) is 4.66. The highest BCUT2D eigenvalue weighted by Gasteiger charge is 2.13. The molecule has 0 aliphatic heterocycles. The maximum Gasteiger partial charge on any atom is 0.122 e. The number of hydrogen-bond donors (Lipinski definition) is 1. The molecule has 2 nitrogen and oxygen atoms in total. The van der Waals surface area contributed by atoms with E-state index in [1.807, 2.05) is 26.0 Å². The highest BCUT2D eigenvalue weighted by molar-refractivity contribution is 7.99. The third kappa shape index (κ3) is 4.02. The Morgan fingerprint density at radius 3 is 2.33 bits per heavy atom. The number of rotatable bonds is 5. The molecule has 0 heterocycles. The third-order valence-electron chi connectivity index (χ3n) is 3.57. The summed E-state index contributed by atoms with van der Waals surface area (Å²) in [6, 6.07) is 12.4. The van der Waals surface area contributed by atoms with E-state index >= 15 is 0 Å². The van der Waals surface area contributed by atoms with Crippen molar-refractivity contribution in [3.8, 4) is 5.75 Å². The van der Waals surface area contributed by atoms with Gasteiger partial charge in [-0.15, -0.1) is 11.8 Å². The lowest BCUT2D eigenvalue weighted by atomic mass is 10.0. The van der Waals surface area contributed by atoms with Crippen LogP contribution in [0.5, 0.6) is 5.75 Å². The average Bonchev–Trinajstić information content (AvgIpc) is 2.48. The molecule has 2 aromatic rings.